The first kappa shape index (κ1) is 8.72. The Morgan fingerprint density at radius 1 is 1.47 bits per heavy atom. The minimum absolute atomic E-state index is 0.524. The molecular formula is C7H9N7S. The fraction of sp³-hybridized carbons (Fsp3) is 0.571. The van der Waals surface area contributed by atoms with E-state index in [1.54, 1.807) is 0 Å². The Balaban J connectivity index is 1.61. The van der Waals surface area contributed by atoms with Gasteiger partial charge in [-0.2, -0.15) is 9.59 Å². The monoisotopic (exact) mass is 223 g/mol. The second kappa shape index (κ2) is 3.54. The van der Waals surface area contributed by atoms with Crippen molar-refractivity contribution in [2.75, 3.05) is 5.32 Å². The molecule has 2 N–H and O–H groups in total. The molecule has 1 aliphatic rings. The molecule has 15 heavy (non-hydrogen) atoms. The Kier molecular flexibility index (Phi) is 2.05. The Hall–Kier alpha value is -1.57. The van der Waals surface area contributed by atoms with Gasteiger partial charge in [0.05, 0.1) is 6.54 Å². The van der Waals surface area contributed by atoms with Gasteiger partial charge in [-0.3, -0.25) is 0 Å². The number of nitrogens with one attached hydrogen (secondary N) is 2. The summed E-state index contributed by atoms with van der Waals surface area (Å²) < 4.78 is 4.28. The van der Waals surface area contributed by atoms with E-state index < -0.39 is 0 Å². The predicted molar refractivity (Wildman–Crippen MR) is 53.4 cm³/mol. The maximum atomic E-state index is 4.38. The van der Waals surface area contributed by atoms with Gasteiger partial charge in [0.1, 0.15) is 5.82 Å². The van der Waals surface area contributed by atoms with E-state index in [0.717, 1.165) is 11.0 Å². The lowest BCUT2D eigenvalue weighted by molar-refractivity contribution is 0.881. The summed E-state index contributed by atoms with van der Waals surface area (Å²) in [6.07, 6.45) is 2.45. The standard InChI is InChI=1S/C7H9N7S/c1-2-4(1)6-9-7(15-12-6)8-3-5-10-13-14-11-5/h4H,1-3H2,(H,8,9,12)(H,10,11,13,14). The first-order chi connectivity index (χ1) is 7.42. The van der Waals surface area contributed by atoms with Crippen molar-refractivity contribution < 1.29 is 0 Å². The van der Waals surface area contributed by atoms with Gasteiger partial charge in [-0.25, -0.2) is 4.98 Å². The lowest BCUT2D eigenvalue weighted by atomic mass is 10.4. The van der Waals surface area contributed by atoms with Gasteiger partial charge in [0.25, 0.3) is 0 Å². The van der Waals surface area contributed by atoms with Crippen molar-refractivity contribution in [3.05, 3.63) is 11.6 Å². The zero-order chi connectivity index (χ0) is 10.1. The molecule has 1 aliphatic carbocycles. The first-order valence-electron chi connectivity index (χ1n) is 4.71. The predicted octanol–water partition coefficient (Wildman–Crippen LogP) is 0.541. The van der Waals surface area contributed by atoms with Crippen LogP contribution < -0.4 is 5.32 Å². The van der Waals surface area contributed by atoms with Crippen LogP contribution in [0.5, 0.6) is 0 Å². The van der Waals surface area contributed by atoms with E-state index in [1.807, 2.05) is 0 Å². The van der Waals surface area contributed by atoms with Crippen molar-refractivity contribution in [3.8, 4) is 0 Å². The molecule has 0 amide bonds. The molecule has 2 aromatic rings. The normalized spacial score (nSPS) is 15.5. The fourth-order valence-corrected chi connectivity index (χ4v) is 1.87. The van der Waals surface area contributed by atoms with E-state index in [2.05, 4.69) is 35.3 Å². The van der Waals surface area contributed by atoms with E-state index in [0.29, 0.717) is 18.3 Å². The molecule has 2 aromatic heterocycles. The third kappa shape index (κ3) is 1.94. The molecule has 0 bridgehead atoms. The average molecular weight is 223 g/mol. The first-order valence-corrected chi connectivity index (χ1v) is 5.49. The molecule has 0 aromatic carbocycles. The molecule has 0 saturated heterocycles. The number of anilines is 1. The number of nitrogens with zero attached hydrogens (tertiary/aromatic N) is 5. The second-order valence-corrected chi connectivity index (χ2v) is 4.17. The molecule has 0 radical (unpaired) electrons. The summed E-state index contributed by atoms with van der Waals surface area (Å²) >= 11 is 1.38. The molecule has 2 heterocycles. The number of aromatic amines is 1. The number of H-pyrrole nitrogens is 1. The van der Waals surface area contributed by atoms with Crippen LogP contribution >= 0.6 is 11.5 Å². The van der Waals surface area contributed by atoms with Crippen molar-refractivity contribution in [1.29, 1.82) is 0 Å². The summed E-state index contributed by atoms with van der Waals surface area (Å²) in [6, 6.07) is 0. The summed E-state index contributed by atoms with van der Waals surface area (Å²) in [7, 11) is 0. The van der Waals surface area contributed by atoms with Crippen LogP contribution in [-0.2, 0) is 6.54 Å². The quantitative estimate of drug-likeness (QED) is 0.786. The summed E-state index contributed by atoms with van der Waals surface area (Å²) in [5.74, 6) is 2.19. The van der Waals surface area contributed by atoms with Crippen molar-refractivity contribution >= 4 is 16.7 Å². The average Bonchev–Trinajstić information content (AvgIpc) is 2.82. The SMILES string of the molecule is C(Nc1nc(C2CC2)ns1)c1nn[nH]n1. The van der Waals surface area contributed by atoms with Crippen molar-refractivity contribution in [3.63, 3.8) is 0 Å². The largest absolute Gasteiger partial charge is 0.353 e. The van der Waals surface area contributed by atoms with E-state index in [1.165, 1.54) is 24.4 Å². The summed E-state index contributed by atoms with van der Waals surface area (Å²) in [5.41, 5.74) is 0. The van der Waals surface area contributed by atoms with Crippen LogP contribution in [0.2, 0.25) is 0 Å². The van der Waals surface area contributed by atoms with Crippen LogP contribution in [0, 0.1) is 0 Å². The molecule has 0 spiro atoms. The maximum absolute atomic E-state index is 4.38. The fourth-order valence-electron chi connectivity index (χ4n) is 1.23. The molecule has 0 atom stereocenters. The third-order valence-electron chi connectivity index (χ3n) is 2.17. The van der Waals surface area contributed by atoms with Crippen LogP contribution in [-0.4, -0.2) is 30.0 Å². The van der Waals surface area contributed by atoms with Gasteiger partial charge < -0.3 is 5.32 Å². The van der Waals surface area contributed by atoms with E-state index >= 15 is 0 Å². The minimum atomic E-state index is 0.524. The Morgan fingerprint density at radius 2 is 2.40 bits per heavy atom. The minimum Gasteiger partial charge on any atom is -0.353 e. The van der Waals surface area contributed by atoms with Crippen molar-refractivity contribution in [1.82, 2.24) is 30.0 Å². The Bertz CT molecular complexity index is 432. The van der Waals surface area contributed by atoms with Gasteiger partial charge in [-0.1, -0.05) is 5.21 Å². The molecule has 7 nitrogen and oxygen atoms in total. The highest BCUT2D eigenvalue weighted by Crippen LogP contribution is 2.39. The van der Waals surface area contributed by atoms with Crippen LogP contribution in [0.15, 0.2) is 0 Å². The molecular weight excluding hydrogens is 214 g/mol. The highest BCUT2D eigenvalue weighted by atomic mass is 32.1. The van der Waals surface area contributed by atoms with Gasteiger partial charge in [0, 0.05) is 17.5 Å². The molecule has 78 valence electrons. The van der Waals surface area contributed by atoms with E-state index in [4.69, 9.17) is 0 Å². The number of aromatic nitrogens is 6. The lowest BCUT2D eigenvalue weighted by Crippen LogP contribution is -2.01. The molecule has 8 heteroatoms. The summed E-state index contributed by atoms with van der Waals surface area (Å²) in [5, 5.41) is 17.5. The van der Waals surface area contributed by atoms with Crippen molar-refractivity contribution in [2.45, 2.75) is 25.3 Å². The Morgan fingerprint density at radius 3 is 3.13 bits per heavy atom. The molecule has 1 saturated carbocycles. The Labute approximate surface area is 89.5 Å². The van der Waals surface area contributed by atoms with Crippen molar-refractivity contribution in [2.24, 2.45) is 0 Å². The van der Waals surface area contributed by atoms with Gasteiger partial charge in [-0.05, 0) is 12.8 Å². The third-order valence-corrected chi connectivity index (χ3v) is 2.86. The highest BCUT2D eigenvalue weighted by molar-refractivity contribution is 7.09. The van der Waals surface area contributed by atoms with Gasteiger partial charge >= 0.3 is 0 Å². The van der Waals surface area contributed by atoms with Crippen LogP contribution in [0.4, 0.5) is 5.13 Å². The summed E-state index contributed by atoms with van der Waals surface area (Å²) in [6.45, 7) is 0.524. The molecule has 3 rings (SSSR count). The molecule has 1 fully saturated rings. The van der Waals surface area contributed by atoms with Gasteiger partial charge in [0.15, 0.2) is 5.82 Å². The molecule has 0 unspecified atom stereocenters. The zero-order valence-electron chi connectivity index (χ0n) is 7.84. The van der Waals surface area contributed by atoms with Gasteiger partial charge in [-0.15, -0.1) is 10.2 Å². The number of rotatable bonds is 4. The number of hydrogen-bond donors (Lipinski definition) is 2. The number of tetrazole rings is 1. The van der Waals surface area contributed by atoms with Crippen LogP contribution in [0.3, 0.4) is 0 Å². The van der Waals surface area contributed by atoms with Crippen LogP contribution in [0.1, 0.15) is 30.4 Å². The van der Waals surface area contributed by atoms with E-state index in [-0.39, 0.29) is 0 Å². The van der Waals surface area contributed by atoms with Crippen LogP contribution in [0.25, 0.3) is 0 Å². The molecule has 0 aliphatic heterocycles. The lowest BCUT2D eigenvalue weighted by Gasteiger charge is -1.94. The zero-order valence-corrected chi connectivity index (χ0v) is 8.66. The van der Waals surface area contributed by atoms with Gasteiger partial charge in [0.2, 0.25) is 5.13 Å². The maximum Gasteiger partial charge on any atom is 0.202 e. The highest BCUT2D eigenvalue weighted by Gasteiger charge is 2.27. The topological polar surface area (TPSA) is 92.3 Å². The summed E-state index contributed by atoms with van der Waals surface area (Å²) in [4.78, 5) is 4.38. The van der Waals surface area contributed by atoms with E-state index in [9.17, 15) is 0 Å². The smallest absolute Gasteiger partial charge is 0.202 e. The second-order valence-electron chi connectivity index (χ2n) is 3.41. The number of hydrogen-bond acceptors (Lipinski definition) is 7.